The molecule has 0 heterocycles. The van der Waals surface area contributed by atoms with E-state index in [-0.39, 0.29) is 35.0 Å². The Morgan fingerprint density at radius 3 is 1.28 bits per heavy atom. The Balaban J connectivity index is -0.00000112. The average molecular weight is 266 g/mol. The molecular weight excluding hydrogens is 231 g/mol. The van der Waals surface area contributed by atoms with Gasteiger partial charge >= 0.3 is 29.6 Å². The van der Waals surface area contributed by atoms with Gasteiger partial charge in [-0.25, -0.2) is 0 Å². The summed E-state index contributed by atoms with van der Waals surface area (Å²) >= 11 is 0. The number of unbranched alkanes of at least 4 members (excludes halogenated alkanes) is 10. The molecule has 0 bridgehead atoms. The Hall–Kier alpha value is 0.960. The Bertz CT molecular complexity index is 126. The van der Waals surface area contributed by atoms with E-state index in [0.717, 1.165) is 5.92 Å². The maximum absolute atomic E-state index is 2.33. The van der Waals surface area contributed by atoms with Crippen molar-refractivity contribution in [3.63, 3.8) is 0 Å². The third-order valence-corrected chi connectivity index (χ3v) is 3.39. The van der Waals surface area contributed by atoms with Gasteiger partial charge in [0.1, 0.15) is 0 Å². The largest absolute Gasteiger partial charge is 1.00 e. The monoisotopic (exact) mass is 266 g/mol. The van der Waals surface area contributed by atoms with Crippen LogP contribution in [0.3, 0.4) is 0 Å². The van der Waals surface area contributed by atoms with Crippen LogP contribution in [0.1, 0.15) is 97.8 Å². The minimum Gasteiger partial charge on any atom is -0.870 e. The van der Waals surface area contributed by atoms with E-state index < -0.39 is 0 Å². The van der Waals surface area contributed by atoms with Crippen molar-refractivity contribution < 1.29 is 35.0 Å². The van der Waals surface area contributed by atoms with E-state index >= 15 is 0 Å². The molecule has 0 amide bonds. The van der Waals surface area contributed by atoms with E-state index in [0.29, 0.717) is 0 Å². The van der Waals surface area contributed by atoms with Crippen molar-refractivity contribution >= 4 is 0 Å². The summed E-state index contributed by atoms with van der Waals surface area (Å²) < 4.78 is 0. The molecule has 106 valence electrons. The van der Waals surface area contributed by atoms with Crippen molar-refractivity contribution in [2.45, 2.75) is 97.8 Å². The molecule has 0 aliphatic carbocycles. The Kier molecular flexibility index (Phi) is 27.1. The predicted molar refractivity (Wildman–Crippen MR) is 77.9 cm³/mol. The molecule has 0 radical (unpaired) electrons. The minimum absolute atomic E-state index is 0. The molecule has 0 saturated carbocycles. The predicted octanol–water partition coefficient (Wildman–Crippen LogP) is 3.17. The molecule has 1 N–H and O–H groups in total. The Labute approximate surface area is 138 Å². The molecule has 2 heteroatoms. The van der Waals surface area contributed by atoms with Crippen LogP contribution in [0, 0.1) is 5.92 Å². The molecule has 0 atom stereocenters. The summed E-state index contributed by atoms with van der Waals surface area (Å²) in [7, 11) is 0. The first kappa shape index (κ1) is 24.0. The van der Waals surface area contributed by atoms with Crippen LogP contribution in [0.2, 0.25) is 0 Å². The van der Waals surface area contributed by atoms with Gasteiger partial charge in [-0.2, -0.15) is 0 Å². The first-order chi connectivity index (χ1) is 7.77. The van der Waals surface area contributed by atoms with Crippen LogP contribution < -0.4 is 29.6 Å². The molecule has 1 nitrogen and oxygen atoms in total. The normalized spacial score (nSPS) is 10.0. The smallest absolute Gasteiger partial charge is 0.870 e. The molecule has 0 aliphatic rings. The van der Waals surface area contributed by atoms with Gasteiger partial charge < -0.3 is 5.48 Å². The van der Waals surface area contributed by atoms with Crippen molar-refractivity contribution in [2.24, 2.45) is 5.92 Å². The minimum atomic E-state index is 0. The van der Waals surface area contributed by atoms with Gasteiger partial charge in [0.15, 0.2) is 0 Å². The van der Waals surface area contributed by atoms with E-state index in [1.165, 1.54) is 77.0 Å². The first-order valence-corrected chi connectivity index (χ1v) is 7.77. The average Bonchev–Trinajstić information content (AvgIpc) is 2.25. The number of rotatable bonds is 12. The summed E-state index contributed by atoms with van der Waals surface area (Å²) in [5.74, 6) is 0.901. The zero-order valence-corrected chi connectivity index (χ0v) is 15.5. The quantitative estimate of drug-likeness (QED) is 0.394. The second-order valence-electron chi connectivity index (χ2n) is 5.72. The molecular formula is C16H35NaO. The SMILES string of the molecule is CCCCCCCCCCCCCC(C)C.[Na+].[OH-]. The maximum Gasteiger partial charge on any atom is 1.00 e. The van der Waals surface area contributed by atoms with Crippen LogP contribution in [0.5, 0.6) is 0 Å². The van der Waals surface area contributed by atoms with Crippen molar-refractivity contribution in [1.29, 1.82) is 0 Å². The molecule has 18 heavy (non-hydrogen) atoms. The Morgan fingerprint density at radius 2 is 0.944 bits per heavy atom. The van der Waals surface area contributed by atoms with Crippen LogP contribution in [0.4, 0.5) is 0 Å². The standard InChI is InChI=1S/C16H34.Na.H2O/c1-4-5-6-7-8-9-10-11-12-13-14-15-16(2)3;;/h16H,4-15H2,1-3H3;;1H2/q;+1;/p-1. The van der Waals surface area contributed by atoms with E-state index in [4.69, 9.17) is 0 Å². The number of hydrogen-bond acceptors (Lipinski definition) is 1. The van der Waals surface area contributed by atoms with Crippen molar-refractivity contribution in [3.05, 3.63) is 0 Å². The molecule has 0 spiro atoms. The van der Waals surface area contributed by atoms with Gasteiger partial charge in [0.05, 0.1) is 0 Å². The van der Waals surface area contributed by atoms with Gasteiger partial charge in [0, 0.05) is 0 Å². The van der Waals surface area contributed by atoms with Gasteiger partial charge in [-0.3, -0.25) is 0 Å². The van der Waals surface area contributed by atoms with E-state index in [1.54, 1.807) is 0 Å². The molecule has 0 rings (SSSR count). The fourth-order valence-electron chi connectivity index (χ4n) is 2.22. The first-order valence-electron chi connectivity index (χ1n) is 7.77. The molecule has 0 aromatic heterocycles. The van der Waals surface area contributed by atoms with E-state index in [2.05, 4.69) is 20.8 Å². The fraction of sp³-hybridized carbons (Fsp3) is 1.00. The summed E-state index contributed by atoms with van der Waals surface area (Å²) in [5.41, 5.74) is 0. The summed E-state index contributed by atoms with van der Waals surface area (Å²) in [6, 6.07) is 0. The van der Waals surface area contributed by atoms with Crippen molar-refractivity contribution in [3.8, 4) is 0 Å². The zero-order valence-electron chi connectivity index (χ0n) is 13.5. The summed E-state index contributed by atoms with van der Waals surface area (Å²) in [6.45, 7) is 6.95. The van der Waals surface area contributed by atoms with E-state index in [1.807, 2.05) is 0 Å². The zero-order chi connectivity index (χ0) is 12.1. The summed E-state index contributed by atoms with van der Waals surface area (Å²) in [5, 5.41) is 0. The van der Waals surface area contributed by atoms with Gasteiger partial charge in [-0.05, 0) is 5.92 Å². The third-order valence-electron chi connectivity index (χ3n) is 3.39. The van der Waals surface area contributed by atoms with Crippen molar-refractivity contribution in [1.82, 2.24) is 0 Å². The van der Waals surface area contributed by atoms with Gasteiger partial charge in [0.25, 0.3) is 0 Å². The molecule has 0 unspecified atom stereocenters. The molecule has 0 aromatic carbocycles. The van der Waals surface area contributed by atoms with Crippen LogP contribution in [-0.4, -0.2) is 5.48 Å². The topological polar surface area (TPSA) is 30.0 Å². The van der Waals surface area contributed by atoms with Gasteiger partial charge in [-0.1, -0.05) is 97.8 Å². The van der Waals surface area contributed by atoms with Gasteiger partial charge in [0.2, 0.25) is 0 Å². The van der Waals surface area contributed by atoms with Gasteiger partial charge in [-0.15, -0.1) is 0 Å². The molecule has 0 aliphatic heterocycles. The third kappa shape index (κ3) is 22.2. The van der Waals surface area contributed by atoms with Crippen molar-refractivity contribution in [2.75, 3.05) is 0 Å². The van der Waals surface area contributed by atoms with Crippen LogP contribution in [0.15, 0.2) is 0 Å². The fourth-order valence-corrected chi connectivity index (χ4v) is 2.22. The maximum atomic E-state index is 2.33. The number of hydrogen-bond donors (Lipinski definition) is 0. The molecule has 0 aromatic rings. The van der Waals surface area contributed by atoms with E-state index in [9.17, 15) is 0 Å². The Morgan fingerprint density at radius 1 is 0.611 bits per heavy atom. The molecule has 0 saturated heterocycles. The van der Waals surface area contributed by atoms with Crippen LogP contribution in [-0.2, 0) is 0 Å². The van der Waals surface area contributed by atoms with Crippen LogP contribution >= 0.6 is 0 Å². The summed E-state index contributed by atoms with van der Waals surface area (Å²) in [6.07, 6.45) is 17.5. The second kappa shape index (κ2) is 20.3. The molecule has 0 fully saturated rings. The van der Waals surface area contributed by atoms with Crippen LogP contribution in [0.25, 0.3) is 0 Å². The second-order valence-corrected chi connectivity index (χ2v) is 5.72. The summed E-state index contributed by atoms with van der Waals surface area (Å²) in [4.78, 5) is 0.